The van der Waals surface area contributed by atoms with E-state index in [1.807, 2.05) is 60.4 Å². The van der Waals surface area contributed by atoms with Gasteiger partial charge in [0, 0.05) is 37.4 Å². The highest BCUT2D eigenvalue weighted by Crippen LogP contribution is 2.21. The topological polar surface area (TPSA) is 126 Å². The number of aliphatic imine (C=N–C) groups is 2. The summed E-state index contributed by atoms with van der Waals surface area (Å²) in [6.45, 7) is 4.93. The van der Waals surface area contributed by atoms with Gasteiger partial charge in [0.05, 0.1) is 5.69 Å². The number of amides is 1. The Bertz CT molecular complexity index is 876. The molecule has 1 heterocycles. The second kappa shape index (κ2) is 8.43. The van der Waals surface area contributed by atoms with Gasteiger partial charge in [-0.3, -0.25) is 4.79 Å². The molecule has 1 amide bonds. The summed E-state index contributed by atoms with van der Waals surface area (Å²) in [5, 5.41) is 0. The van der Waals surface area contributed by atoms with Crippen molar-refractivity contribution in [1.29, 1.82) is 0 Å². The first-order valence-corrected chi connectivity index (χ1v) is 9.07. The summed E-state index contributed by atoms with van der Waals surface area (Å²) in [6, 6.07) is 15.4. The van der Waals surface area contributed by atoms with Crippen LogP contribution in [0.1, 0.15) is 15.9 Å². The highest BCUT2D eigenvalue weighted by atomic mass is 16.2. The second-order valence-electron chi connectivity index (χ2n) is 6.67. The highest BCUT2D eigenvalue weighted by Gasteiger charge is 2.22. The molecule has 0 saturated carbocycles. The van der Waals surface area contributed by atoms with Gasteiger partial charge < -0.3 is 27.0 Å². The van der Waals surface area contributed by atoms with E-state index < -0.39 is 0 Å². The number of anilines is 1. The molecule has 1 aliphatic heterocycles. The molecule has 1 saturated heterocycles. The zero-order valence-corrected chi connectivity index (χ0v) is 15.9. The Morgan fingerprint density at radius 3 is 2.07 bits per heavy atom. The van der Waals surface area contributed by atoms with E-state index in [2.05, 4.69) is 14.9 Å². The fraction of sp³-hybridized carbons (Fsp3) is 0.250. The third-order valence-corrected chi connectivity index (χ3v) is 4.57. The van der Waals surface area contributed by atoms with Crippen LogP contribution in [0.15, 0.2) is 58.5 Å². The molecular weight excluding hydrogens is 354 g/mol. The minimum absolute atomic E-state index is 0.0102. The maximum absolute atomic E-state index is 12.6. The van der Waals surface area contributed by atoms with Gasteiger partial charge in [0.25, 0.3) is 5.91 Å². The number of piperazine rings is 1. The van der Waals surface area contributed by atoms with Gasteiger partial charge in [0.15, 0.2) is 5.96 Å². The number of nitrogens with zero attached hydrogens (tertiary/aromatic N) is 4. The first-order chi connectivity index (χ1) is 13.4. The van der Waals surface area contributed by atoms with Crippen molar-refractivity contribution < 1.29 is 4.79 Å². The molecule has 0 aromatic heterocycles. The smallest absolute Gasteiger partial charge is 0.253 e. The number of benzene rings is 2. The second-order valence-corrected chi connectivity index (χ2v) is 6.67. The molecule has 1 aliphatic rings. The lowest BCUT2D eigenvalue weighted by atomic mass is 10.1. The van der Waals surface area contributed by atoms with Crippen molar-refractivity contribution in [2.45, 2.75) is 6.92 Å². The van der Waals surface area contributed by atoms with Crippen molar-refractivity contribution in [1.82, 2.24) is 4.90 Å². The van der Waals surface area contributed by atoms with Crippen LogP contribution in [0.4, 0.5) is 11.4 Å². The van der Waals surface area contributed by atoms with E-state index >= 15 is 0 Å². The van der Waals surface area contributed by atoms with Gasteiger partial charge in [-0.05, 0) is 43.3 Å². The number of carbonyl (C=O) groups excluding carboxylic acids is 1. The zero-order valence-electron chi connectivity index (χ0n) is 15.9. The lowest BCUT2D eigenvalue weighted by molar-refractivity contribution is 0.0747. The standard InChI is InChI=1S/C20H25N7O/c1-14-2-4-15(5-3-14)18(28)27-12-10-26(11-13-27)17-8-6-16(7-9-17)24-20(23)25-19(21)22/h2-9H,10-13H2,1H3,(H6,21,22,23,24,25). The van der Waals surface area contributed by atoms with Crippen LogP contribution in [0.5, 0.6) is 0 Å². The van der Waals surface area contributed by atoms with Crippen LogP contribution in [0, 0.1) is 6.92 Å². The van der Waals surface area contributed by atoms with Crippen LogP contribution in [-0.4, -0.2) is 48.9 Å². The summed E-state index contributed by atoms with van der Waals surface area (Å²) in [7, 11) is 0. The first-order valence-electron chi connectivity index (χ1n) is 9.07. The number of guanidine groups is 2. The molecule has 3 rings (SSSR count). The van der Waals surface area contributed by atoms with Gasteiger partial charge >= 0.3 is 0 Å². The van der Waals surface area contributed by atoms with Crippen LogP contribution < -0.4 is 22.1 Å². The zero-order chi connectivity index (χ0) is 20.1. The van der Waals surface area contributed by atoms with E-state index in [0.717, 1.165) is 29.9 Å². The van der Waals surface area contributed by atoms with Crippen molar-refractivity contribution in [2.75, 3.05) is 31.1 Å². The Labute approximate surface area is 164 Å². The molecular formula is C20H25N7O. The van der Waals surface area contributed by atoms with E-state index in [9.17, 15) is 4.79 Å². The van der Waals surface area contributed by atoms with Gasteiger partial charge in [-0.25, -0.2) is 4.99 Å². The largest absolute Gasteiger partial charge is 0.370 e. The van der Waals surface area contributed by atoms with Crippen molar-refractivity contribution in [2.24, 2.45) is 27.2 Å². The monoisotopic (exact) mass is 379 g/mol. The Kier molecular flexibility index (Phi) is 5.78. The minimum atomic E-state index is -0.129. The highest BCUT2D eigenvalue weighted by molar-refractivity contribution is 5.94. The van der Waals surface area contributed by atoms with Gasteiger partial charge in [-0.2, -0.15) is 4.99 Å². The van der Waals surface area contributed by atoms with E-state index in [-0.39, 0.29) is 17.8 Å². The Balaban J connectivity index is 1.59. The number of carbonyl (C=O) groups is 1. The van der Waals surface area contributed by atoms with Crippen molar-refractivity contribution in [3.8, 4) is 0 Å². The molecule has 2 aromatic rings. The van der Waals surface area contributed by atoms with Crippen molar-refractivity contribution in [3.63, 3.8) is 0 Å². The third-order valence-electron chi connectivity index (χ3n) is 4.57. The van der Waals surface area contributed by atoms with Crippen LogP contribution in [0.25, 0.3) is 0 Å². The number of hydrogen-bond acceptors (Lipinski definition) is 3. The predicted molar refractivity (Wildman–Crippen MR) is 113 cm³/mol. The number of hydrogen-bond donors (Lipinski definition) is 3. The van der Waals surface area contributed by atoms with Gasteiger partial charge in [-0.1, -0.05) is 17.7 Å². The minimum Gasteiger partial charge on any atom is -0.370 e. The molecule has 0 aliphatic carbocycles. The van der Waals surface area contributed by atoms with E-state index in [1.54, 1.807) is 0 Å². The molecule has 28 heavy (non-hydrogen) atoms. The van der Waals surface area contributed by atoms with Crippen molar-refractivity contribution in [3.05, 3.63) is 59.7 Å². The van der Waals surface area contributed by atoms with Gasteiger partial charge in [0.2, 0.25) is 5.96 Å². The SMILES string of the molecule is Cc1ccc(C(=O)N2CCN(c3ccc(N=C(N)N=C(N)N)cc3)CC2)cc1. The molecule has 146 valence electrons. The fourth-order valence-corrected chi connectivity index (χ4v) is 3.07. The predicted octanol–water partition coefficient (Wildman–Crippen LogP) is 1.18. The average molecular weight is 379 g/mol. The van der Waals surface area contributed by atoms with Crippen molar-refractivity contribution >= 4 is 29.2 Å². The molecule has 2 aromatic carbocycles. The molecule has 8 nitrogen and oxygen atoms in total. The molecule has 0 radical (unpaired) electrons. The average Bonchev–Trinajstić information content (AvgIpc) is 2.68. The maximum atomic E-state index is 12.6. The first kappa shape index (κ1) is 19.2. The van der Waals surface area contributed by atoms with E-state index in [4.69, 9.17) is 17.2 Å². The lowest BCUT2D eigenvalue weighted by Crippen LogP contribution is -2.48. The molecule has 0 atom stereocenters. The Morgan fingerprint density at radius 2 is 1.50 bits per heavy atom. The lowest BCUT2D eigenvalue weighted by Gasteiger charge is -2.36. The quantitative estimate of drug-likeness (QED) is 0.545. The normalized spacial score (nSPS) is 14.7. The van der Waals surface area contributed by atoms with Gasteiger partial charge in [-0.15, -0.1) is 0 Å². The molecule has 0 spiro atoms. The summed E-state index contributed by atoms with van der Waals surface area (Å²) in [5.41, 5.74) is 19.8. The summed E-state index contributed by atoms with van der Waals surface area (Å²) < 4.78 is 0. The van der Waals surface area contributed by atoms with Crippen LogP contribution >= 0.6 is 0 Å². The summed E-state index contributed by atoms with van der Waals surface area (Å²) in [6.07, 6.45) is 0. The maximum Gasteiger partial charge on any atom is 0.253 e. The summed E-state index contributed by atoms with van der Waals surface area (Å²) in [4.78, 5) is 24.6. The number of aryl methyl sites for hydroxylation is 1. The van der Waals surface area contributed by atoms with E-state index in [0.29, 0.717) is 18.8 Å². The Hall–Kier alpha value is -3.55. The van der Waals surface area contributed by atoms with Crippen LogP contribution in [-0.2, 0) is 0 Å². The van der Waals surface area contributed by atoms with Gasteiger partial charge in [0.1, 0.15) is 0 Å². The Morgan fingerprint density at radius 1 is 0.893 bits per heavy atom. The number of nitrogens with two attached hydrogens (primary N) is 3. The fourth-order valence-electron chi connectivity index (χ4n) is 3.07. The van der Waals surface area contributed by atoms with Crippen LogP contribution in [0.2, 0.25) is 0 Å². The molecule has 0 unspecified atom stereocenters. The summed E-state index contributed by atoms with van der Waals surface area (Å²) >= 11 is 0. The third kappa shape index (κ3) is 4.79. The van der Waals surface area contributed by atoms with Crippen LogP contribution in [0.3, 0.4) is 0 Å². The molecule has 1 fully saturated rings. The van der Waals surface area contributed by atoms with E-state index in [1.165, 1.54) is 0 Å². The molecule has 8 heteroatoms. The molecule has 6 N–H and O–H groups in total. The number of rotatable bonds is 3. The molecule has 0 bridgehead atoms. The summed E-state index contributed by atoms with van der Waals surface area (Å²) in [5.74, 6) is -0.0357.